The number of pyridine rings is 1. The maximum atomic E-state index is 5.00. The van der Waals surface area contributed by atoms with Crippen molar-refractivity contribution in [2.24, 2.45) is 0 Å². The Labute approximate surface area is 71.4 Å². The monoisotopic (exact) mass is 164 g/mol. The van der Waals surface area contributed by atoms with Crippen LogP contribution in [0.25, 0.3) is 11.2 Å². The first-order valence-corrected chi connectivity index (χ1v) is 4.03. The molecule has 2 aromatic rings. The number of nitrogens with zero attached hydrogens (tertiary/aromatic N) is 2. The fraction of sp³-hybridized carbons (Fsp3) is 0.333. The molecule has 0 aliphatic heterocycles. The first kappa shape index (κ1) is 8.71. The van der Waals surface area contributed by atoms with E-state index in [1.807, 2.05) is 32.9 Å². The summed E-state index contributed by atoms with van der Waals surface area (Å²) >= 11 is 0. The quantitative estimate of drug-likeness (QED) is 0.600. The van der Waals surface area contributed by atoms with Gasteiger partial charge >= 0.3 is 0 Å². The van der Waals surface area contributed by atoms with Crippen molar-refractivity contribution >= 4 is 11.2 Å². The molecule has 12 heavy (non-hydrogen) atoms. The van der Waals surface area contributed by atoms with Crippen LogP contribution >= 0.6 is 0 Å². The Balaban J connectivity index is 0.000000336. The zero-order valence-electron chi connectivity index (χ0n) is 7.53. The van der Waals surface area contributed by atoms with Crippen molar-refractivity contribution in [1.82, 2.24) is 9.97 Å². The van der Waals surface area contributed by atoms with E-state index in [4.69, 9.17) is 4.42 Å². The lowest BCUT2D eigenvalue weighted by molar-refractivity contribution is 0.602. The molecule has 0 aliphatic carbocycles. The number of oxazole rings is 1. The first-order valence-electron chi connectivity index (χ1n) is 4.03. The van der Waals surface area contributed by atoms with Gasteiger partial charge in [0.05, 0.1) is 0 Å². The predicted molar refractivity (Wildman–Crippen MR) is 47.9 cm³/mol. The summed E-state index contributed by atoms with van der Waals surface area (Å²) in [4.78, 5) is 8.03. The molecule has 0 saturated heterocycles. The van der Waals surface area contributed by atoms with Crippen LogP contribution in [-0.4, -0.2) is 9.97 Å². The van der Waals surface area contributed by atoms with E-state index in [0.717, 1.165) is 11.3 Å². The summed E-state index contributed by atoms with van der Waals surface area (Å²) in [5.74, 6) is 0. The third kappa shape index (κ3) is 1.61. The van der Waals surface area contributed by atoms with Crippen molar-refractivity contribution in [3.8, 4) is 0 Å². The number of aryl methyl sites for hydroxylation is 1. The zero-order chi connectivity index (χ0) is 8.97. The molecule has 0 amide bonds. The normalized spacial score (nSPS) is 9.25. The highest BCUT2D eigenvalue weighted by molar-refractivity contribution is 5.66. The van der Waals surface area contributed by atoms with Crippen molar-refractivity contribution in [3.63, 3.8) is 0 Å². The van der Waals surface area contributed by atoms with E-state index in [0.29, 0.717) is 5.65 Å². The number of fused-ring (bicyclic) bond motifs is 1. The molecule has 0 radical (unpaired) electrons. The van der Waals surface area contributed by atoms with Crippen LogP contribution in [0.2, 0.25) is 0 Å². The van der Waals surface area contributed by atoms with Gasteiger partial charge in [0.1, 0.15) is 0 Å². The first-order chi connectivity index (χ1) is 5.86. The van der Waals surface area contributed by atoms with E-state index in [1.54, 1.807) is 0 Å². The Bertz CT molecular complexity index is 354. The molecule has 0 atom stereocenters. The van der Waals surface area contributed by atoms with Crippen LogP contribution in [-0.2, 0) is 0 Å². The van der Waals surface area contributed by atoms with Crippen LogP contribution < -0.4 is 0 Å². The summed E-state index contributed by atoms with van der Waals surface area (Å²) in [6.45, 7) is 5.92. The standard InChI is InChI=1S/C7H6N2O.C2H6/c1-5-2-3-6-7(9-5)8-4-10-6;1-2/h2-4H,1H3;1-2H3. The predicted octanol–water partition coefficient (Wildman–Crippen LogP) is 2.56. The van der Waals surface area contributed by atoms with Gasteiger partial charge in [0.2, 0.25) is 0 Å². The van der Waals surface area contributed by atoms with Gasteiger partial charge in [-0.05, 0) is 19.1 Å². The lowest BCUT2D eigenvalue weighted by Crippen LogP contribution is -1.79. The number of aromatic nitrogens is 2. The topological polar surface area (TPSA) is 38.9 Å². The van der Waals surface area contributed by atoms with Gasteiger partial charge in [-0.25, -0.2) is 4.98 Å². The van der Waals surface area contributed by atoms with Crippen molar-refractivity contribution < 1.29 is 4.42 Å². The van der Waals surface area contributed by atoms with E-state index in [9.17, 15) is 0 Å². The van der Waals surface area contributed by atoms with Crippen LogP contribution in [0.3, 0.4) is 0 Å². The van der Waals surface area contributed by atoms with Gasteiger partial charge in [0.25, 0.3) is 0 Å². The minimum absolute atomic E-state index is 0.681. The Morgan fingerprint density at radius 3 is 2.75 bits per heavy atom. The third-order valence-corrected chi connectivity index (χ3v) is 1.33. The average molecular weight is 164 g/mol. The lowest BCUT2D eigenvalue weighted by atomic mass is 10.4. The van der Waals surface area contributed by atoms with Crippen LogP contribution in [0, 0.1) is 6.92 Å². The second-order valence-electron chi connectivity index (χ2n) is 2.13. The molecule has 0 saturated carbocycles. The molecule has 0 N–H and O–H groups in total. The number of hydrogen-bond acceptors (Lipinski definition) is 3. The highest BCUT2D eigenvalue weighted by Gasteiger charge is 1.96. The molecule has 2 rings (SSSR count). The van der Waals surface area contributed by atoms with E-state index in [2.05, 4.69) is 9.97 Å². The fourth-order valence-electron chi connectivity index (χ4n) is 0.848. The molecule has 0 fully saturated rings. The van der Waals surface area contributed by atoms with Gasteiger partial charge in [-0.1, -0.05) is 13.8 Å². The summed E-state index contributed by atoms with van der Waals surface area (Å²) < 4.78 is 5.00. The third-order valence-electron chi connectivity index (χ3n) is 1.33. The van der Waals surface area contributed by atoms with Crippen molar-refractivity contribution in [2.75, 3.05) is 0 Å². The molecule has 0 aliphatic rings. The smallest absolute Gasteiger partial charge is 0.198 e. The Morgan fingerprint density at radius 2 is 2.00 bits per heavy atom. The van der Waals surface area contributed by atoms with Gasteiger partial charge in [0.15, 0.2) is 17.6 Å². The molecular weight excluding hydrogens is 152 g/mol. The van der Waals surface area contributed by atoms with Crippen molar-refractivity contribution in [1.29, 1.82) is 0 Å². The molecule has 2 aromatic heterocycles. The lowest BCUT2D eigenvalue weighted by Gasteiger charge is -1.86. The van der Waals surface area contributed by atoms with E-state index in [-0.39, 0.29) is 0 Å². The molecule has 0 aromatic carbocycles. The second kappa shape index (κ2) is 3.85. The summed E-state index contributed by atoms with van der Waals surface area (Å²) in [5, 5.41) is 0. The summed E-state index contributed by atoms with van der Waals surface area (Å²) in [5.41, 5.74) is 2.38. The Kier molecular flexibility index (Phi) is 2.80. The second-order valence-corrected chi connectivity index (χ2v) is 2.13. The highest BCUT2D eigenvalue weighted by atomic mass is 16.3. The van der Waals surface area contributed by atoms with Gasteiger partial charge in [-0.2, -0.15) is 4.98 Å². The van der Waals surface area contributed by atoms with Crippen molar-refractivity contribution in [2.45, 2.75) is 20.8 Å². The maximum absolute atomic E-state index is 5.00. The zero-order valence-corrected chi connectivity index (χ0v) is 7.53. The molecule has 0 unspecified atom stereocenters. The van der Waals surface area contributed by atoms with Crippen LogP contribution in [0.1, 0.15) is 19.5 Å². The van der Waals surface area contributed by atoms with E-state index >= 15 is 0 Å². The van der Waals surface area contributed by atoms with Crippen LogP contribution in [0.15, 0.2) is 22.9 Å². The average Bonchev–Trinajstić information content (AvgIpc) is 2.54. The van der Waals surface area contributed by atoms with Gasteiger partial charge in [0, 0.05) is 5.69 Å². The van der Waals surface area contributed by atoms with Crippen LogP contribution in [0.4, 0.5) is 0 Å². The maximum Gasteiger partial charge on any atom is 0.198 e. The van der Waals surface area contributed by atoms with Gasteiger partial charge in [-0.3, -0.25) is 0 Å². The molecule has 0 spiro atoms. The number of hydrogen-bond donors (Lipinski definition) is 0. The molecule has 3 heteroatoms. The van der Waals surface area contributed by atoms with Crippen molar-refractivity contribution in [3.05, 3.63) is 24.2 Å². The summed E-state index contributed by atoms with van der Waals surface area (Å²) in [6.07, 6.45) is 1.40. The molecule has 0 bridgehead atoms. The Hall–Kier alpha value is -1.38. The molecule has 2 heterocycles. The minimum atomic E-state index is 0.681. The largest absolute Gasteiger partial charge is 0.442 e. The van der Waals surface area contributed by atoms with E-state index < -0.39 is 0 Å². The summed E-state index contributed by atoms with van der Waals surface area (Å²) in [7, 11) is 0. The Morgan fingerprint density at radius 1 is 1.25 bits per heavy atom. The van der Waals surface area contributed by atoms with E-state index in [1.165, 1.54) is 6.39 Å². The molecular formula is C9H12N2O. The van der Waals surface area contributed by atoms with Gasteiger partial charge < -0.3 is 4.42 Å². The minimum Gasteiger partial charge on any atom is -0.442 e. The SMILES string of the molecule is CC.Cc1ccc2ocnc2n1. The fourth-order valence-corrected chi connectivity index (χ4v) is 0.848. The molecule has 3 nitrogen and oxygen atoms in total. The van der Waals surface area contributed by atoms with Gasteiger partial charge in [-0.15, -0.1) is 0 Å². The molecule has 64 valence electrons. The highest BCUT2D eigenvalue weighted by Crippen LogP contribution is 2.08. The summed E-state index contributed by atoms with van der Waals surface area (Å²) in [6, 6.07) is 3.76. The van der Waals surface area contributed by atoms with Crippen LogP contribution in [0.5, 0.6) is 0 Å². The number of rotatable bonds is 0.